The van der Waals surface area contributed by atoms with E-state index in [4.69, 9.17) is 17.7 Å². The fraction of sp³-hybridized carbons (Fsp3) is 0.222. The Morgan fingerprint density at radius 3 is 1.70 bits per heavy atom. The predicted molar refractivity (Wildman–Crippen MR) is 342 cm³/mol. The Labute approximate surface area is 484 Å². The molecule has 0 aliphatic carbocycles. The number of para-hydroxylation sites is 2. The Hall–Kier alpha value is -7.72. The van der Waals surface area contributed by atoms with Gasteiger partial charge in [0.05, 0.1) is 26.8 Å². The molecule has 14 rings (SSSR count). The van der Waals surface area contributed by atoms with Crippen LogP contribution in [0.25, 0.3) is 43.9 Å². The molecule has 6 heterocycles. The van der Waals surface area contributed by atoms with Crippen molar-refractivity contribution in [3.05, 3.63) is 211 Å². The number of hydrogen-bond donors (Lipinski definition) is 0. The van der Waals surface area contributed by atoms with Gasteiger partial charge in [-0.1, -0.05) is 179 Å². The highest BCUT2D eigenvalue weighted by molar-refractivity contribution is 8.00. The first-order chi connectivity index (χ1) is 38.7. The number of nitrogens with zero attached hydrogens (tertiary/aromatic N) is 2. The largest absolute Gasteiger partial charge is 0.469 e. The lowest BCUT2D eigenvalue weighted by Gasteiger charge is -2.36. The number of furan rings is 4. The maximum Gasteiger partial charge on any atom is 0.339 e. The first kappa shape index (κ1) is 52.6. The molecule has 9 heteroatoms. The highest BCUT2D eigenvalue weighted by Gasteiger charge is 2.47. The van der Waals surface area contributed by atoms with E-state index in [1.54, 1.807) is 11.8 Å². The zero-order valence-corrected chi connectivity index (χ0v) is 50.0. The van der Waals surface area contributed by atoms with Crippen molar-refractivity contribution in [2.24, 2.45) is 0 Å². The molecule has 0 unspecified atom stereocenters. The second-order valence-electron chi connectivity index (χ2n) is 25.8. The third-order valence-electron chi connectivity index (χ3n) is 16.1. The van der Waals surface area contributed by atoms with E-state index in [1.165, 1.54) is 48.6 Å². The van der Waals surface area contributed by atoms with E-state index in [-0.39, 0.29) is 28.4 Å². The number of anilines is 6. The van der Waals surface area contributed by atoms with E-state index in [0.717, 1.165) is 88.0 Å². The zero-order chi connectivity index (χ0) is 56.3. The van der Waals surface area contributed by atoms with Gasteiger partial charge in [-0.25, -0.2) is 0 Å². The van der Waals surface area contributed by atoms with Crippen LogP contribution in [-0.4, -0.2) is 6.71 Å². The van der Waals surface area contributed by atoms with Crippen molar-refractivity contribution in [2.75, 3.05) is 9.80 Å². The summed E-state index contributed by atoms with van der Waals surface area (Å²) in [6.45, 7) is 26.9. The highest BCUT2D eigenvalue weighted by Crippen LogP contribution is 2.48. The summed E-state index contributed by atoms with van der Waals surface area (Å²) in [4.78, 5) is 9.41. The summed E-state index contributed by atoms with van der Waals surface area (Å²) in [5, 5.41) is 4.53. The Morgan fingerprint density at radius 1 is 0.457 bits per heavy atom. The molecule has 4 aromatic heterocycles. The summed E-state index contributed by atoms with van der Waals surface area (Å²) in [6, 6.07) is 63.1. The average Bonchev–Trinajstić information content (AvgIpc) is 4.37. The van der Waals surface area contributed by atoms with Crippen LogP contribution in [0.4, 0.5) is 34.1 Å². The summed E-state index contributed by atoms with van der Waals surface area (Å²) in [5.41, 5.74) is 18.9. The van der Waals surface area contributed by atoms with E-state index in [9.17, 15) is 0 Å². The molecule has 2 aliphatic rings. The average molecular weight is 1100 g/mol. The molecular weight excluding hydrogens is 1030 g/mol. The molecule has 0 saturated heterocycles. The van der Waals surface area contributed by atoms with Gasteiger partial charge in [-0.3, -0.25) is 0 Å². The van der Waals surface area contributed by atoms with E-state index in [2.05, 4.69) is 257 Å². The molecule has 81 heavy (non-hydrogen) atoms. The summed E-state index contributed by atoms with van der Waals surface area (Å²) in [7, 11) is 0. The van der Waals surface area contributed by atoms with Gasteiger partial charge in [-0.05, 0) is 153 Å². The van der Waals surface area contributed by atoms with Crippen LogP contribution >= 0.6 is 23.5 Å². The second-order valence-corrected chi connectivity index (χ2v) is 28.0. The molecule has 12 aromatic rings. The van der Waals surface area contributed by atoms with Gasteiger partial charge in [0.25, 0.3) is 0 Å². The lowest BCUT2D eigenvalue weighted by atomic mass is 9.39. The topological polar surface area (TPSA) is 59.0 Å². The molecular formula is C72H67BN2O4S2. The summed E-state index contributed by atoms with van der Waals surface area (Å²) >= 11 is 3.56. The molecule has 8 aromatic carbocycles. The van der Waals surface area contributed by atoms with Gasteiger partial charge >= 0.3 is 6.71 Å². The maximum absolute atomic E-state index is 6.79. The van der Waals surface area contributed by atoms with Crippen molar-refractivity contribution in [3.8, 4) is 0 Å². The third-order valence-corrected chi connectivity index (χ3v) is 18.3. The van der Waals surface area contributed by atoms with Crippen molar-refractivity contribution in [1.29, 1.82) is 0 Å². The first-order valence-corrected chi connectivity index (χ1v) is 29.8. The SMILES string of the molecule is CC(C)(C)c1ccc(N(c2cccc(Sc3coc4ccc(C(C)(C)C)cc34)c2)c2coc3ccccc23)cc1.CC(C)(C)c1ccc(N2c3cccc4c3B(c3oc5ccc(C(C)(C)C)cc5c3S4)c3oc4ccccc4c32)cc1. The minimum Gasteiger partial charge on any atom is -0.469 e. The zero-order valence-electron chi connectivity index (χ0n) is 48.3. The Morgan fingerprint density at radius 2 is 1.01 bits per heavy atom. The molecule has 0 amide bonds. The minimum atomic E-state index is -0.115. The van der Waals surface area contributed by atoms with Crippen LogP contribution in [0, 0.1) is 0 Å². The van der Waals surface area contributed by atoms with Crippen LogP contribution in [0.3, 0.4) is 0 Å². The maximum atomic E-state index is 6.79. The molecule has 0 fully saturated rings. The van der Waals surface area contributed by atoms with Crippen LogP contribution in [0.1, 0.15) is 105 Å². The van der Waals surface area contributed by atoms with Gasteiger partial charge < -0.3 is 27.5 Å². The van der Waals surface area contributed by atoms with Crippen molar-refractivity contribution in [3.63, 3.8) is 0 Å². The van der Waals surface area contributed by atoms with Crippen LogP contribution in [0.5, 0.6) is 0 Å². The Balaban J connectivity index is 0.000000153. The summed E-state index contributed by atoms with van der Waals surface area (Å²) in [6.07, 6.45) is 3.74. The quantitative estimate of drug-likeness (QED) is 0.153. The van der Waals surface area contributed by atoms with Gasteiger partial charge in [0.1, 0.15) is 40.5 Å². The molecule has 0 saturated carbocycles. The fourth-order valence-electron chi connectivity index (χ4n) is 11.5. The van der Waals surface area contributed by atoms with Gasteiger partial charge in [0.15, 0.2) is 0 Å². The molecule has 404 valence electrons. The molecule has 0 radical (unpaired) electrons. The monoisotopic (exact) mass is 1100 g/mol. The lowest BCUT2D eigenvalue weighted by Crippen LogP contribution is -2.58. The standard InChI is InChI=1S/C36H32BNO2S.C36H35NO2S/c1-35(2,3)21-14-17-23(18-15-21)38-26-11-9-13-29-30(26)37(33-31(38)24-10-7-8-12-27(24)39-33)34-32(41-29)25-20-22(36(4,5)6)16-19-28(25)40-34;1-35(2,3)24-14-17-26(18-15-24)37(31-22-38-32-13-8-7-12-29(31)32)27-10-9-11-28(21-27)40-34-23-39-33-19-16-25(20-30(33)34)36(4,5)6/h7-20H,1-6H3;7-23H,1-6H3. The van der Waals surface area contributed by atoms with Gasteiger partial charge in [-0.15, -0.1) is 0 Å². The third kappa shape index (κ3) is 9.46. The van der Waals surface area contributed by atoms with E-state index in [0.29, 0.717) is 0 Å². The number of rotatable bonds is 6. The molecule has 0 spiro atoms. The van der Waals surface area contributed by atoms with Crippen LogP contribution < -0.4 is 26.6 Å². The van der Waals surface area contributed by atoms with Crippen LogP contribution in [0.15, 0.2) is 226 Å². The van der Waals surface area contributed by atoms with E-state index < -0.39 is 0 Å². The highest BCUT2D eigenvalue weighted by atomic mass is 32.2. The summed E-state index contributed by atoms with van der Waals surface area (Å²) < 4.78 is 25.5. The number of hydrogen-bond acceptors (Lipinski definition) is 8. The number of benzene rings is 8. The van der Waals surface area contributed by atoms with Crippen molar-refractivity contribution >= 4 is 125 Å². The summed E-state index contributed by atoms with van der Waals surface area (Å²) in [5.74, 6) is 0. The Bertz CT molecular complexity index is 4360. The smallest absolute Gasteiger partial charge is 0.339 e. The fourth-order valence-corrected chi connectivity index (χ4v) is 13.6. The molecule has 0 bridgehead atoms. The molecule has 2 aliphatic heterocycles. The second kappa shape index (κ2) is 19.5. The van der Waals surface area contributed by atoms with E-state index in [1.807, 2.05) is 36.4 Å². The van der Waals surface area contributed by atoms with Crippen molar-refractivity contribution in [1.82, 2.24) is 0 Å². The minimum absolute atomic E-state index is 0.0581. The molecule has 6 nitrogen and oxygen atoms in total. The molecule has 0 N–H and O–H groups in total. The Kier molecular flexibility index (Phi) is 12.7. The lowest BCUT2D eigenvalue weighted by molar-refractivity contribution is 0.589. The van der Waals surface area contributed by atoms with Crippen molar-refractivity contribution < 1.29 is 17.7 Å². The van der Waals surface area contributed by atoms with Crippen LogP contribution in [0.2, 0.25) is 0 Å². The van der Waals surface area contributed by atoms with Crippen LogP contribution in [-0.2, 0) is 21.7 Å². The van der Waals surface area contributed by atoms with Gasteiger partial charge in [-0.2, -0.15) is 0 Å². The van der Waals surface area contributed by atoms with Gasteiger partial charge in [0, 0.05) is 54.1 Å². The normalized spacial score (nSPS) is 13.4. The first-order valence-electron chi connectivity index (χ1n) is 28.1. The van der Waals surface area contributed by atoms with Crippen molar-refractivity contribution in [2.45, 2.75) is 124 Å². The van der Waals surface area contributed by atoms with Gasteiger partial charge in [0.2, 0.25) is 0 Å². The van der Waals surface area contributed by atoms with E-state index >= 15 is 0 Å². The molecule has 0 atom stereocenters. The predicted octanol–water partition coefficient (Wildman–Crippen LogP) is 19.9. The number of fused-ring (bicyclic) bond motifs is 10.